The number of para-hydroxylation sites is 1. The Hall–Kier alpha value is -2.83. The van der Waals surface area contributed by atoms with E-state index < -0.39 is 0 Å². The van der Waals surface area contributed by atoms with Crippen LogP contribution in [0.5, 0.6) is 17.6 Å². The van der Waals surface area contributed by atoms with Crippen molar-refractivity contribution in [1.29, 1.82) is 0 Å². The number of methoxy groups -OCH3 is 2. The number of carbonyl (C=O) groups is 1. The summed E-state index contributed by atoms with van der Waals surface area (Å²) < 4.78 is 15.3. The lowest BCUT2D eigenvalue weighted by atomic mass is 10.3. The van der Waals surface area contributed by atoms with Crippen LogP contribution in [-0.4, -0.2) is 36.7 Å². The molecule has 0 saturated carbocycles. The molecule has 0 fully saturated rings. The summed E-state index contributed by atoms with van der Waals surface area (Å²) in [5.74, 6) is 0.492. The number of hydrogen-bond acceptors (Lipinski definition) is 6. The smallest absolute Gasteiger partial charge is 0.319 e. The normalized spacial score (nSPS) is 9.81. The molecule has 7 heteroatoms. The van der Waals surface area contributed by atoms with Gasteiger partial charge in [-0.25, -0.2) is 4.98 Å². The Bertz CT molecular complexity index is 604. The minimum atomic E-state index is -0.342. The molecule has 1 amide bonds. The Labute approximate surface area is 121 Å². The highest BCUT2D eigenvalue weighted by Crippen LogP contribution is 2.22. The molecule has 110 valence electrons. The fraction of sp³-hybridized carbons (Fsp3) is 0.214. The maximum atomic E-state index is 11.8. The number of ether oxygens (including phenoxy) is 3. The SMILES string of the molecule is COc1ncc(NC(=O)COc2ccccc2)c(OC)n1. The Morgan fingerprint density at radius 1 is 1.19 bits per heavy atom. The second kappa shape index (κ2) is 7.09. The predicted octanol–water partition coefficient (Wildman–Crippen LogP) is 1.51. The zero-order valence-electron chi connectivity index (χ0n) is 11.7. The minimum absolute atomic E-state index is 0.126. The van der Waals surface area contributed by atoms with E-state index >= 15 is 0 Å². The fourth-order valence-corrected chi connectivity index (χ4v) is 1.54. The van der Waals surface area contributed by atoms with Crippen LogP contribution in [0.3, 0.4) is 0 Å². The number of carbonyl (C=O) groups excluding carboxylic acids is 1. The molecule has 0 bridgehead atoms. The Morgan fingerprint density at radius 3 is 2.62 bits per heavy atom. The summed E-state index contributed by atoms with van der Waals surface area (Å²) in [7, 11) is 2.89. The topological polar surface area (TPSA) is 82.6 Å². The van der Waals surface area contributed by atoms with E-state index in [2.05, 4.69) is 15.3 Å². The van der Waals surface area contributed by atoms with Crippen LogP contribution < -0.4 is 19.5 Å². The summed E-state index contributed by atoms with van der Waals surface area (Å²) in [4.78, 5) is 19.7. The summed E-state index contributed by atoms with van der Waals surface area (Å²) in [5.41, 5.74) is 0.347. The molecule has 0 atom stereocenters. The highest BCUT2D eigenvalue weighted by atomic mass is 16.5. The number of benzene rings is 1. The number of nitrogens with one attached hydrogen (secondary N) is 1. The lowest BCUT2D eigenvalue weighted by Crippen LogP contribution is -2.21. The van der Waals surface area contributed by atoms with Crippen molar-refractivity contribution in [3.63, 3.8) is 0 Å². The third-order valence-electron chi connectivity index (χ3n) is 2.49. The molecule has 1 heterocycles. The van der Waals surface area contributed by atoms with Gasteiger partial charge in [0.25, 0.3) is 5.91 Å². The van der Waals surface area contributed by atoms with E-state index in [1.807, 2.05) is 18.2 Å². The van der Waals surface area contributed by atoms with Gasteiger partial charge in [0.15, 0.2) is 6.61 Å². The van der Waals surface area contributed by atoms with Gasteiger partial charge in [-0.05, 0) is 12.1 Å². The molecule has 7 nitrogen and oxygen atoms in total. The molecule has 0 aliphatic rings. The average molecular weight is 289 g/mol. The van der Waals surface area contributed by atoms with Crippen LogP contribution in [0.2, 0.25) is 0 Å². The van der Waals surface area contributed by atoms with Gasteiger partial charge in [0.2, 0.25) is 5.88 Å². The summed E-state index contributed by atoms with van der Waals surface area (Å²) >= 11 is 0. The predicted molar refractivity (Wildman–Crippen MR) is 75.7 cm³/mol. The van der Waals surface area contributed by atoms with Gasteiger partial charge in [-0.2, -0.15) is 4.98 Å². The monoisotopic (exact) mass is 289 g/mol. The van der Waals surface area contributed by atoms with Crippen molar-refractivity contribution < 1.29 is 19.0 Å². The molecule has 1 aromatic carbocycles. The number of aromatic nitrogens is 2. The van der Waals surface area contributed by atoms with Crippen LogP contribution in [0, 0.1) is 0 Å². The van der Waals surface area contributed by atoms with Gasteiger partial charge in [-0.15, -0.1) is 0 Å². The minimum Gasteiger partial charge on any atom is -0.484 e. The molecule has 21 heavy (non-hydrogen) atoms. The molecule has 0 unspecified atom stereocenters. The average Bonchev–Trinajstić information content (AvgIpc) is 2.54. The molecule has 1 aromatic heterocycles. The first kappa shape index (κ1) is 14.6. The maximum absolute atomic E-state index is 11.8. The molecule has 0 saturated heterocycles. The number of nitrogens with zero attached hydrogens (tertiary/aromatic N) is 2. The number of rotatable bonds is 6. The number of amides is 1. The summed E-state index contributed by atoms with van der Waals surface area (Å²) in [6.07, 6.45) is 1.41. The zero-order valence-corrected chi connectivity index (χ0v) is 11.7. The van der Waals surface area contributed by atoms with Gasteiger partial charge in [0, 0.05) is 0 Å². The summed E-state index contributed by atoms with van der Waals surface area (Å²) in [6.45, 7) is -0.126. The molecule has 2 rings (SSSR count). The largest absolute Gasteiger partial charge is 0.484 e. The first-order valence-electron chi connectivity index (χ1n) is 6.15. The van der Waals surface area contributed by atoms with Crippen LogP contribution in [0.4, 0.5) is 5.69 Å². The summed E-state index contributed by atoms with van der Waals surface area (Å²) in [5, 5.41) is 2.61. The molecular weight excluding hydrogens is 274 g/mol. The maximum Gasteiger partial charge on any atom is 0.319 e. The lowest BCUT2D eigenvalue weighted by Gasteiger charge is -2.10. The van der Waals surface area contributed by atoms with Gasteiger partial charge in [-0.1, -0.05) is 18.2 Å². The van der Waals surface area contributed by atoms with Gasteiger partial charge < -0.3 is 19.5 Å². The fourth-order valence-electron chi connectivity index (χ4n) is 1.54. The van der Waals surface area contributed by atoms with Crippen molar-refractivity contribution in [3.8, 4) is 17.6 Å². The quantitative estimate of drug-likeness (QED) is 0.868. The molecule has 0 aliphatic heterocycles. The van der Waals surface area contributed by atoms with Gasteiger partial charge in [0.05, 0.1) is 20.4 Å². The van der Waals surface area contributed by atoms with Crippen molar-refractivity contribution in [3.05, 3.63) is 36.5 Å². The van der Waals surface area contributed by atoms with Crippen molar-refractivity contribution in [2.75, 3.05) is 26.1 Å². The zero-order chi connectivity index (χ0) is 15.1. The Morgan fingerprint density at radius 2 is 1.95 bits per heavy atom. The molecule has 0 radical (unpaired) electrons. The third-order valence-corrected chi connectivity index (χ3v) is 2.49. The van der Waals surface area contributed by atoms with Crippen LogP contribution >= 0.6 is 0 Å². The second-order valence-corrected chi connectivity index (χ2v) is 3.93. The van der Waals surface area contributed by atoms with E-state index in [1.165, 1.54) is 20.4 Å². The number of anilines is 1. The van der Waals surface area contributed by atoms with E-state index in [-0.39, 0.29) is 24.4 Å². The Kier molecular flexibility index (Phi) is 4.92. The van der Waals surface area contributed by atoms with Crippen LogP contribution in [0.15, 0.2) is 36.5 Å². The second-order valence-electron chi connectivity index (χ2n) is 3.93. The molecule has 0 aliphatic carbocycles. The third kappa shape index (κ3) is 4.07. The van der Waals surface area contributed by atoms with Gasteiger partial charge >= 0.3 is 6.01 Å². The van der Waals surface area contributed by atoms with E-state index in [9.17, 15) is 4.79 Å². The molecular formula is C14H15N3O4. The molecule has 0 spiro atoms. The van der Waals surface area contributed by atoms with Crippen molar-refractivity contribution >= 4 is 11.6 Å². The highest BCUT2D eigenvalue weighted by Gasteiger charge is 2.11. The summed E-state index contributed by atoms with van der Waals surface area (Å²) in [6, 6.07) is 9.22. The standard InChI is InChI=1S/C14H15N3O4/c1-19-13-11(8-15-14(17-13)20-2)16-12(18)9-21-10-6-4-3-5-7-10/h3-8H,9H2,1-2H3,(H,16,18). The van der Waals surface area contributed by atoms with Crippen molar-refractivity contribution in [2.45, 2.75) is 0 Å². The Balaban J connectivity index is 1.96. The van der Waals surface area contributed by atoms with Crippen LogP contribution in [0.1, 0.15) is 0 Å². The highest BCUT2D eigenvalue weighted by molar-refractivity contribution is 5.92. The van der Waals surface area contributed by atoms with Gasteiger partial charge in [0.1, 0.15) is 11.4 Å². The van der Waals surface area contributed by atoms with E-state index in [0.29, 0.717) is 11.4 Å². The lowest BCUT2D eigenvalue weighted by molar-refractivity contribution is -0.118. The van der Waals surface area contributed by atoms with Crippen LogP contribution in [-0.2, 0) is 4.79 Å². The van der Waals surface area contributed by atoms with E-state index in [1.54, 1.807) is 12.1 Å². The first-order chi connectivity index (χ1) is 10.2. The molecule has 1 N–H and O–H groups in total. The van der Waals surface area contributed by atoms with Crippen LogP contribution in [0.25, 0.3) is 0 Å². The van der Waals surface area contributed by atoms with Crippen molar-refractivity contribution in [1.82, 2.24) is 9.97 Å². The van der Waals surface area contributed by atoms with E-state index in [0.717, 1.165) is 0 Å². The molecule has 2 aromatic rings. The number of hydrogen-bond donors (Lipinski definition) is 1. The van der Waals surface area contributed by atoms with Gasteiger partial charge in [-0.3, -0.25) is 4.79 Å². The first-order valence-corrected chi connectivity index (χ1v) is 6.15. The van der Waals surface area contributed by atoms with Crippen molar-refractivity contribution in [2.24, 2.45) is 0 Å². The van der Waals surface area contributed by atoms with E-state index in [4.69, 9.17) is 14.2 Å².